The lowest BCUT2D eigenvalue weighted by molar-refractivity contribution is -0.146. The van der Waals surface area contributed by atoms with Crippen LogP contribution in [0.25, 0.3) is 11.3 Å². The van der Waals surface area contributed by atoms with Crippen molar-refractivity contribution >= 4 is 5.97 Å². The lowest BCUT2D eigenvalue weighted by Gasteiger charge is -2.07. The van der Waals surface area contributed by atoms with E-state index >= 15 is 0 Å². The lowest BCUT2D eigenvalue weighted by atomic mass is 10.1. The Labute approximate surface area is 157 Å². The molecule has 3 rings (SSSR count). The molecule has 0 atom stereocenters. The van der Waals surface area contributed by atoms with Crippen LogP contribution in [0.3, 0.4) is 0 Å². The van der Waals surface area contributed by atoms with Crippen LogP contribution < -0.4 is 9.47 Å². The Morgan fingerprint density at radius 1 is 1.00 bits per heavy atom. The fraction of sp³-hybridized carbons (Fsp3) is 0.238. The summed E-state index contributed by atoms with van der Waals surface area (Å²) in [7, 11) is 0. The second-order valence-corrected chi connectivity index (χ2v) is 5.71. The van der Waals surface area contributed by atoms with Crippen LogP contribution in [-0.2, 0) is 16.1 Å². The van der Waals surface area contributed by atoms with Gasteiger partial charge in [-0.15, -0.1) is 0 Å². The number of esters is 1. The van der Waals surface area contributed by atoms with Gasteiger partial charge in [0, 0.05) is 11.6 Å². The third-order valence-corrected chi connectivity index (χ3v) is 3.71. The molecule has 0 aliphatic heterocycles. The van der Waals surface area contributed by atoms with Crippen molar-refractivity contribution in [3.8, 4) is 22.8 Å². The van der Waals surface area contributed by atoms with Crippen LogP contribution in [0.2, 0.25) is 0 Å². The zero-order valence-electron chi connectivity index (χ0n) is 15.1. The van der Waals surface area contributed by atoms with Crippen molar-refractivity contribution in [1.29, 1.82) is 0 Å². The number of carbonyl (C=O) groups excluding carboxylic acids is 1. The molecule has 0 aliphatic carbocycles. The van der Waals surface area contributed by atoms with Crippen LogP contribution in [-0.4, -0.2) is 24.3 Å². The molecule has 0 fully saturated rings. The summed E-state index contributed by atoms with van der Waals surface area (Å²) in [5.41, 5.74) is 1.66. The first-order chi connectivity index (χ1) is 13.2. The summed E-state index contributed by atoms with van der Waals surface area (Å²) in [5, 5.41) is 3.99. The molecule has 0 amide bonds. The average Bonchev–Trinajstić information content (AvgIpc) is 3.18. The van der Waals surface area contributed by atoms with E-state index in [0.29, 0.717) is 23.8 Å². The quantitative estimate of drug-likeness (QED) is 0.527. The number of aromatic nitrogens is 1. The van der Waals surface area contributed by atoms with Gasteiger partial charge in [-0.3, -0.25) is 4.79 Å². The Morgan fingerprint density at radius 3 is 2.41 bits per heavy atom. The molecule has 0 unspecified atom stereocenters. The maximum Gasteiger partial charge on any atom is 0.309 e. The number of hydrogen-bond acceptors (Lipinski definition) is 6. The van der Waals surface area contributed by atoms with Gasteiger partial charge in [-0.05, 0) is 31.2 Å². The molecule has 0 saturated carbocycles. The normalized spacial score (nSPS) is 10.4. The van der Waals surface area contributed by atoms with Crippen molar-refractivity contribution in [2.45, 2.75) is 20.0 Å². The van der Waals surface area contributed by atoms with Crippen molar-refractivity contribution in [1.82, 2.24) is 5.16 Å². The minimum atomic E-state index is -0.362. The Balaban J connectivity index is 1.39. The highest BCUT2D eigenvalue weighted by atomic mass is 16.6. The van der Waals surface area contributed by atoms with Crippen LogP contribution in [0.4, 0.5) is 0 Å². The standard InChI is InChI=1S/C21H21NO5/c1-2-24-17-8-10-18(11-9-17)25-13-12-21(23)26-15-19-14-20(22-27-19)16-6-4-3-5-7-16/h3-11,14H,2,12-13,15H2,1H3. The molecule has 0 spiro atoms. The summed E-state index contributed by atoms with van der Waals surface area (Å²) in [6.45, 7) is 2.82. The molecule has 3 aromatic rings. The highest BCUT2D eigenvalue weighted by Gasteiger charge is 2.09. The van der Waals surface area contributed by atoms with Crippen molar-refractivity contribution < 1.29 is 23.5 Å². The van der Waals surface area contributed by atoms with Gasteiger partial charge in [-0.2, -0.15) is 0 Å². The van der Waals surface area contributed by atoms with Crippen LogP contribution >= 0.6 is 0 Å². The second-order valence-electron chi connectivity index (χ2n) is 5.71. The molecule has 2 aromatic carbocycles. The predicted molar refractivity (Wildman–Crippen MR) is 99.5 cm³/mol. The molecule has 6 nitrogen and oxygen atoms in total. The Morgan fingerprint density at radius 2 is 1.70 bits per heavy atom. The fourth-order valence-corrected chi connectivity index (χ4v) is 2.40. The maximum absolute atomic E-state index is 11.8. The van der Waals surface area contributed by atoms with Gasteiger partial charge in [0.2, 0.25) is 0 Å². The number of ether oxygens (including phenoxy) is 3. The Hall–Kier alpha value is -3.28. The first kappa shape index (κ1) is 18.5. The zero-order chi connectivity index (χ0) is 18.9. The van der Waals surface area contributed by atoms with Gasteiger partial charge in [0.25, 0.3) is 0 Å². The zero-order valence-corrected chi connectivity index (χ0v) is 15.1. The second kappa shape index (κ2) is 9.43. The summed E-state index contributed by atoms with van der Waals surface area (Å²) >= 11 is 0. The van der Waals surface area contributed by atoms with E-state index in [0.717, 1.165) is 11.3 Å². The maximum atomic E-state index is 11.8. The van der Waals surface area contributed by atoms with E-state index in [2.05, 4.69) is 5.16 Å². The van der Waals surface area contributed by atoms with Crippen molar-refractivity contribution in [2.24, 2.45) is 0 Å². The van der Waals surface area contributed by atoms with E-state index in [4.69, 9.17) is 18.7 Å². The van der Waals surface area contributed by atoms with Crippen LogP contribution in [0.5, 0.6) is 11.5 Å². The first-order valence-corrected chi connectivity index (χ1v) is 8.77. The molecule has 1 aromatic heterocycles. The average molecular weight is 367 g/mol. The monoisotopic (exact) mass is 367 g/mol. The topological polar surface area (TPSA) is 70.8 Å². The molecule has 140 valence electrons. The molecule has 0 saturated heterocycles. The fourth-order valence-electron chi connectivity index (χ4n) is 2.40. The van der Waals surface area contributed by atoms with E-state index < -0.39 is 0 Å². The summed E-state index contributed by atoms with van der Waals surface area (Å²) in [4.78, 5) is 11.8. The lowest BCUT2D eigenvalue weighted by Crippen LogP contribution is -2.09. The van der Waals surface area contributed by atoms with Gasteiger partial charge in [0.15, 0.2) is 12.4 Å². The Bertz CT molecular complexity index is 843. The third-order valence-electron chi connectivity index (χ3n) is 3.71. The summed E-state index contributed by atoms with van der Waals surface area (Å²) in [6.07, 6.45) is 0.146. The minimum absolute atomic E-state index is 0.0434. The number of carbonyl (C=O) groups is 1. The van der Waals surface area contributed by atoms with Crippen LogP contribution in [0, 0.1) is 0 Å². The van der Waals surface area contributed by atoms with Crippen LogP contribution in [0.1, 0.15) is 19.1 Å². The molecule has 0 N–H and O–H groups in total. The van der Waals surface area contributed by atoms with Gasteiger partial charge in [-0.25, -0.2) is 0 Å². The van der Waals surface area contributed by atoms with Gasteiger partial charge in [-0.1, -0.05) is 35.5 Å². The minimum Gasteiger partial charge on any atom is -0.494 e. The number of nitrogens with zero attached hydrogens (tertiary/aromatic N) is 1. The molecule has 0 aliphatic rings. The largest absolute Gasteiger partial charge is 0.494 e. The number of rotatable bonds is 9. The predicted octanol–water partition coefficient (Wildman–Crippen LogP) is 4.25. The van der Waals surface area contributed by atoms with Crippen molar-refractivity contribution in [2.75, 3.05) is 13.2 Å². The molecular weight excluding hydrogens is 346 g/mol. The summed E-state index contributed by atoms with van der Waals surface area (Å²) in [5.74, 6) is 1.59. The van der Waals surface area contributed by atoms with Gasteiger partial charge < -0.3 is 18.7 Å². The highest BCUT2D eigenvalue weighted by molar-refractivity contribution is 5.69. The van der Waals surface area contributed by atoms with E-state index in [1.54, 1.807) is 18.2 Å². The molecule has 0 radical (unpaired) electrons. The summed E-state index contributed by atoms with van der Waals surface area (Å²) in [6, 6.07) is 18.7. The highest BCUT2D eigenvalue weighted by Crippen LogP contribution is 2.19. The first-order valence-electron chi connectivity index (χ1n) is 8.77. The van der Waals surface area contributed by atoms with Crippen molar-refractivity contribution in [3.05, 3.63) is 66.4 Å². The molecule has 6 heteroatoms. The Kier molecular flexibility index (Phi) is 6.46. The summed E-state index contributed by atoms with van der Waals surface area (Å²) < 4.78 is 21.3. The number of benzene rings is 2. The van der Waals surface area contributed by atoms with E-state index in [1.165, 1.54) is 0 Å². The van der Waals surface area contributed by atoms with Gasteiger partial charge >= 0.3 is 5.97 Å². The van der Waals surface area contributed by atoms with E-state index in [-0.39, 0.29) is 25.6 Å². The third kappa shape index (κ3) is 5.60. The number of hydrogen-bond donors (Lipinski definition) is 0. The van der Waals surface area contributed by atoms with E-state index in [1.807, 2.05) is 49.4 Å². The van der Waals surface area contributed by atoms with Gasteiger partial charge in [0.1, 0.15) is 17.2 Å². The van der Waals surface area contributed by atoms with Crippen LogP contribution in [0.15, 0.2) is 65.2 Å². The van der Waals surface area contributed by atoms with Crippen molar-refractivity contribution in [3.63, 3.8) is 0 Å². The van der Waals surface area contributed by atoms with E-state index in [9.17, 15) is 4.79 Å². The molecule has 0 bridgehead atoms. The smallest absolute Gasteiger partial charge is 0.309 e. The molecule has 27 heavy (non-hydrogen) atoms. The molecule has 1 heterocycles. The van der Waals surface area contributed by atoms with Gasteiger partial charge in [0.05, 0.1) is 19.6 Å². The SMILES string of the molecule is CCOc1ccc(OCCC(=O)OCc2cc(-c3ccccc3)no2)cc1. The molecular formula is C21H21NO5.